The van der Waals surface area contributed by atoms with E-state index in [2.05, 4.69) is 5.10 Å². The number of para-hydroxylation sites is 1. The molecule has 16 heavy (non-hydrogen) atoms. The van der Waals surface area contributed by atoms with Crippen molar-refractivity contribution in [2.24, 2.45) is 7.05 Å². The summed E-state index contributed by atoms with van der Waals surface area (Å²) in [4.78, 5) is 11.6. The van der Waals surface area contributed by atoms with Gasteiger partial charge in [0.25, 0.3) is 5.56 Å². The molecule has 1 aromatic carbocycles. The SMILES string of the molecule is Cn1ncc(-c2ccccc2O)c(N)c1=O. The van der Waals surface area contributed by atoms with Gasteiger partial charge in [0.1, 0.15) is 11.4 Å². The molecule has 0 spiro atoms. The summed E-state index contributed by atoms with van der Waals surface area (Å²) < 4.78 is 1.15. The van der Waals surface area contributed by atoms with Crippen LogP contribution in [0.2, 0.25) is 0 Å². The van der Waals surface area contributed by atoms with Gasteiger partial charge in [0.15, 0.2) is 0 Å². The van der Waals surface area contributed by atoms with E-state index in [4.69, 9.17) is 5.73 Å². The van der Waals surface area contributed by atoms with Gasteiger partial charge in [-0.1, -0.05) is 18.2 Å². The molecular weight excluding hydrogens is 206 g/mol. The molecule has 82 valence electrons. The van der Waals surface area contributed by atoms with Crippen molar-refractivity contribution in [3.05, 3.63) is 40.8 Å². The minimum Gasteiger partial charge on any atom is -0.507 e. The summed E-state index contributed by atoms with van der Waals surface area (Å²) in [6, 6.07) is 6.67. The number of aromatic hydroxyl groups is 1. The fourth-order valence-corrected chi connectivity index (χ4v) is 1.47. The normalized spacial score (nSPS) is 10.3. The average molecular weight is 217 g/mol. The molecule has 2 aromatic rings. The summed E-state index contributed by atoms with van der Waals surface area (Å²) >= 11 is 0. The van der Waals surface area contributed by atoms with Crippen LogP contribution in [0, 0.1) is 0 Å². The van der Waals surface area contributed by atoms with Gasteiger partial charge < -0.3 is 10.8 Å². The molecule has 3 N–H and O–H groups in total. The Kier molecular flexibility index (Phi) is 2.36. The lowest BCUT2D eigenvalue weighted by Crippen LogP contribution is -2.22. The van der Waals surface area contributed by atoms with Gasteiger partial charge in [0.05, 0.1) is 6.20 Å². The molecule has 0 radical (unpaired) electrons. The van der Waals surface area contributed by atoms with Gasteiger partial charge in [0.2, 0.25) is 0 Å². The molecule has 0 atom stereocenters. The molecule has 0 aliphatic carbocycles. The second kappa shape index (κ2) is 3.69. The van der Waals surface area contributed by atoms with Crippen molar-refractivity contribution in [2.45, 2.75) is 0 Å². The van der Waals surface area contributed by atoms with Gasteiger partial charge in [-0.15, -0.1) is 0 Å². The third-order valence-electron chi connectivity index (χ3n) is 2.37. The number of nitrogens with two attached hydrogens (primary N) is 1. The highest BCUT2D eigenvalue weighted by Gasteiger charge is 2.10. The van der Waals surface area contributed by atoms with Crippen molar-refractivity contribution in [3.63, 3.8) is 0 Å². The number of phenols is 1. The van der Waals surface area contributed by atoms with Gasteiger partial charge in [-0.25, -0.2) is 4.68 Å². The lowest BCUT2D eigenvalue weighted by molar-refractivity contribution is 0.477. The highest BCUT2D eigenvalue weighted by atomic mass is 16.3. The van der Waals surface area contributed by atoms with E-state index in [0.717, 1.165) is 4.68 Å². The van der Waals surface area contributed by atoms with E-state index < -0.39 is 0 Å². The maximum Gasteiger partial charge on any atom is 0.290 e. The Morgan fingerprint density at radius 1 is 1.31 bits per heavy atom. The van der Waals surface area contributed by atoms with Crippen LogP contribution in [0.15, 0.2) is 35.3 Å². The Morgan fingerprint density at radius 2 is 2.00 bits per heavy atom. The lowest BCUT2D eigenvalue weighted by Gasteiger charge is -2.07. The Bertz CT molecular complexity index is 590. The number of aromatic nitrogens is 2. The van der Waals surface area contributed by atoms with Gasteiger partial charge in [0, 0.05) is 18.2 Å². The minimum atomic E-state index is -0.374. The monoisotopic (exact) mass is 217 g/mol. The fraction of sp³-hybridized carbons (Fsp3) is 0.0909. The first-order chi connectivity index (χ1) is 7.61. The molecule has 1 heterocycles. The van der Waals surface area contributed by atoms with Crippen LogP contribution in [0.4, 0.5) is 5.69 Å². The molecule has 1 aromatic heterocycles. The number of nitrogens with zero attached hydrogens (tertiary/aromatic N) is 2. The van der Waals surface area contributed by atoms with Gasteiger partial charge in [-0.2, -0.15) is 5.10 Å². The Morgan fingerprint density at radius 3 is 2.69 bits per heavy atom. The Labute approximate surface area is 91.8 Å². The lowest BCUT2D eigenvalue weighted by atomic mass is 10.1. The predicted octanol–water partition coefficient (Wildman–Crippen LogP) is 0.735. The topological polar surface area (TPSA) is 81.1 Å². The van der Waals surface area contributed by atoms with Crippen molar-refractivity contribution in [3.8, 4) is 16.9 Å². The maximum atomic E-state index is 11.6. The molecule has 2 rings (SSSR count). The van der Waals surface area contributed by atoms with Crippen molar-refractivity contribution in [1.29, 1.82) is 0 Å². The van der Waals surface area contributed by atoms with Crippen LogP contribution in [0.5, 0.6) is 5.75 Å². The van der Waals surface area contributed by atoms with Crippen molar-refractivity contribution in [2.75, 3.05) is 5.73 Å². The second-order valence-electron chi connectivity index (χ2n) is 3.42. The van der Waals surface area contributed by atoms with Crippen molar-refractivity contribution < 1.29 is 5.11 Å². The van der Waals surface area contributed by atoms with E-state index in [0.29, 0.717) is 11.1 Å². The van der Waals surface area contributed by atoms with E-state index in [1.54, 1.807) is 18.2 Å². The zero-order chi connectivity index (χ0) is 11.7. The summed E-state index contributed by atoms with van der Waals surface area (Å²) in [6.45, 7) is 0. The first kappa shape index (κ1) is 10.2. The number of nitrogen functional groups attached to an aromatic ring is 1. The number of hydrogen-bond donors (Lipinski definition) is 2. The smallest absolute Gasteiger partial charge is 0.290 e. The fourth-order valence-electron chi connectivity index (χ4n) is 1.47. The second-order valence-corrected chi connectivity index (χ2v) is 3.42. The maximum absolute atomic E-state index is 11.6. The predicted molar refractivity (Wildman–Crippen MR) is 61.0 cm³/mol. The zero-order valence-corrected chi connectivity index (χ0v) is 8.71. The van der Waals surface area contributed by atoms with Crippen LogP contribution >= 0.6 is 0 Å². The molecular formula is C11H11N3O2. The molecule has 0 fully saturated rings. The first-order valence-corrected chi connectivity index (χ1v) is 4.71. The van der Waals surface area contributed by atoms with Crippen LogP contribution in [0.25, 0.3) is 11.1 Å². The zero-order valence-electron chi connectivity index (χ0n) is 8.71. The third kappa shape index (κ3) is 1.52. The highest BCUT2D eigenvalue weighted by Crippen LogP contribution is 2.30. The third-order valence-corrected chi connectivity index (χ3v) is 2.37. The van der Waals surface area contributed by atoms with Crippen molar-refractivity contribution in [1.82, 2.24) is 9.78 Å². The number of hydrogen-bond acceptors (Lipinski definition) is 4. The largest absolute Gasteiger partial charge is 0.507 e. The standard InChI is InChI=1S/C11H11N3O2/c1-14-11(16)10(12)8(6-13-14)7-4-2-3-5-9(7)15/h2-6,15H,12H2,1H3. The van der Waals surface area contributed by atoms with Gasteiger partial charge in [-0.3, -0.25) is 4.79 Å². The van der Waals surface area contributed by atoms with Gasteiger partial charge >= 0.3 is 0 Å². The van der Waals surface area contributed by atoms with E-state index in [9.17, 15) is 9.90 Å². The van der Waals surface area contributed by atoms with E-state index in [1.165, 1.54) is 19.3 Å². The van der Waals surface area contributed by atoms with Crippen LogP contribution in [0.1, 0.15) is 0 Å². The number of phenolic OH excluding ortho intramolecular Hbond substituents is 1. The van der Waals surface area contributed by atoms with Crippen LogP contribution in [-0.4, -0.2) is 14.9 Å². The van der Waals surface area contributed by atoms with E-state index in [1.807, 2.05) is 0 Å². The first-order valence-electron chi connectivity index (χ1n) is 4.71. The van der Waals surface area contributed by atoms with Crippen LogP contribution < -0.4 is 11.3 Å². The molecule has 0 amide bonds. The molecule has 0 saturated carbocycles. The quantitative estimate of drug-likeness (QED) is 0.738. The summed E-state index contributed by atoms with van der Waals surface area (Å²) in [5.74, 6) is 0.0734. The Hall–Kier alpha value is -2.30. The van der Waals surface area contributed by atoms with Gasteiger partial charge in [-0.05, 0) is 6.07 Å². The molecule has 0 aliphatic heterocycles. The number of aryl methyl sites for hydroxylation is 1. The molecule has 0 bridgehead atoms. The summed E-state index contributed by atoms with van der Waals surface area (Å²) in [7, 11) is 1.52. The number of rotatable bonds is 1. The summed E-state index contributed by atoms with van der Waals surface area (Å²) in [5.41, 5.74) is 6.36. The summed E-state index contributed by atoms with van der Waals surface area (Å²) in [5, 5.41) is 13.5. The van der Waals surface area contributed by atoms with Crippen molar-refractivity contribution >= 4 is 5.69 Å². The number of benzene rings is 1. The molecule has 0 unspecified atom stereocenters. The molecule has 5 nitrogen and oxygen atoms in total. The highest BCUT2D eigenvalue weighted by molar-refractivity contribution is 5.78. The molecule has 5 heteroatoms. The van der Waals surface area contributed by atoms with E-state index in [-0.39, 0.29) is 17.0 Å². The van der Waals surface area contributed by atoms with E-state index >= 15 is 0 Å². The van der Waals surface area contributed by atoms with Crippen LogP contribution in [0.3, 0.4) is 0 Å². The minimum absolute atomic E-state index is 0.0734. The average Bonchev–Trinajstić information content (AvgIpc) is 2.28. The summed E-state index contributed by atoms with van der Waals surface area (Å²) in [6.07, 6.45) is 1.46. The molecule has 0 aliphatic rings. The molecule has 0 saturated heterocycles. The van der Waals surface area contributed by atoms with Crippen LogP contribution in [-0.2, 0) is 7.05 Å². The Balaban J connectivity index is 2.71. The number of anilines is 1.